The predicted molar refractivity (Wildman–Crippen MR) is 58.5 cm³/mol. The van der Waals surface area contributed by atoms with Crippen LogP contribution in [0.1, 0.15) is 24.2 Å². The van der Waals surface area contributed by atoms with Crippen LogP contribution >= 0.6 is 0 Å². The van der Waals surface area contributed by atoms with Crippen LogP contribution in [0.15, 0.2) is 36.5 Å². The first-order valence-corrected chi connectivity index (χ1v) is 4.70. The predicted octanol–water partition coefficient (Wildman–Crippen LogP) is 3.07. The number of hydrogen-bond acceptors (Lipinski definition) is 2. The molecular weight excluding hydrogens is 174 g/mol. The minimum absolute atomic E-state index is 0.690. The van der Waals surface area contributed by atoms with E-state index in [1.165, 1.54) is 0 Å². The van der Waals surface area contributed by atoms with Crippen molar-refractivity contribution in [3.8, 4) is 0 Å². The van der Waals surface area contributed by atoms with Gasteiger partial charge in [-0.05, 0) is 24.3 Å². The molecule has 0 aliphatic heterocycles. The molecule has 2 rings (SSSR count). The fourth-order valence-corrected chi connectivity index (χ4v) is 1.17. The van der Waals surface area contributed by atoms with Crippen LogP contribution in [-0.2, 0) is 0 Å². The number of nitrogens with zero attached hydrogens (tertiary/aromatic N) is 1. The molecule has 0 amide bonds. The SMILES string of the molecule is CC.O=Cc1ccc2ncccc2c1. The molecule has 0 aliphatic carbocycles. The molecule has 0 aliphatic rings. The van der Waals surface area contributed by atoms with Crippen molar-refractivity contribution in [3.63, 3.8) is 0 Å². The van der Waals surface area contributed by atoms with Crippen LogP contribution in [0.2, 0.25) is 0 Å². The highest BCUT2D eigenvalue weighted by molar-refractivity contribution is 5.86. The number of carbonyl (C=O) groups excluding carboxylic acids is 1. The second-order valence-electron chi connectivity index (χ2n) is 2.57. The Labute approximate surface area is 83.6 Å². The van der Waals surface area contributed by atoms with Crippen molar-refractivity contribution in [2.24, 2.45) is 0 Å². The average Bonchev–Trinajstić information content (AvgIpc) is 2.31. The van der Waals surface area contributed by atoms with Gasteiger partial charge >= 0.3 is 0 Å². The molecule has 1 heterocycles. The van der Waals surface area contributed by atoms with Gasteiger partial charge in [0.05, 0.1) is 5.52 Å². The summed E-state index contributed by atoms with van der Waals surface area (Å²) in [6.45, 7) is 4.00. The molecule has 0 spiro atoms. The molecule has 0 unspecified atom stereocenters. The molecule has 2 heteroatoms. The first-order valence-electron chi connectivity index (χ1n) is 4.70. The van der Waals surface area contributed by atoms with E-state index in [9.17, 15) is 4.79 Å². The Morgan fingerprint density at radius 3 is 2.71 bits per heavy atom. The first-order chi connectivity index (χ1) is 6.90. The molecule has 0 saturated heterocycles. The number of benzene rings is 1. The van der Waals surface area contributed by atoms with Gasteiger partial charge in [0.1, 0.15) is 6.29 Å². The minimum Gasteiger partial charge on any atom is -0.298 e. The Morgan fingerprint density at radius 2 is 2.00 bits per heavy atom. The van der Waals surface area contributed by atoms with Gasteiger partial charge in [-0.3, -0.25) is 9.78 Å². The van der Waals surface area contributed by atoms with Gasteiger partial charge in [-0.2, -0.15) is 0 Å². The van der Waals surface area contributed by atoms with E-state index in [4.69, 9.17) is 0 Å². The summed E-state index contributed by atoms with van der Waals surface area (Å²) < 4.78 is 0. The molecule has 0 radical (unpaired) electrons. The third-order valence-electron chi connectivity index (χ3n) is 1.76. The maximum Gasteiger partial charge on any atom is 0.150 e. The average molecular weight is 187 g/mol. The molecule has 0 fully saturated rings. The van der Waals surface area contributed by atoms with E-state index in [2.05, 4.69) is 4.98 Å². The first kappa shape index (κ1) is 10.4. The lowest BCUT2D eigenvalue weighted by atomic mass is 10.1. The van der Waals surface area contributed by atoms with Crippen LogP contribution in [0.5, 0.6) is 0 Å². The summed E-state index contributed by atoms with van der Waals surface area (Å²) in [5.41, 5.74) is 1.61. The summed E-state index contributed by atoms with van der Waals surface area (Å²) in [5.74, 6) is 0. The smallest absolute Gasteiger partial charge is 0.150 e. The molecule has 14 heavy (non-hydrogen) atoms. The molecule has 0 bridgehead atoms. The largest absolute Gasteiger partial charge is 0.298 e. The van der Waals surface area contributed by atoms with Crippen molar-refractivity contribution in [2.75, 3.05) is 0 Å². The zero-order valence-corrected chi connectivity index (χ0v) is 8.40. The quantitative estimate of drug-likeness (QED) is 0.642. The second-order valence-corrected chi connectivity index (χ2v) is 2.57. The van der Waals surface area contributed by atoms with Gasteiger partial charge in [-0.1, -0.05) is 19.9 Å². The van der Waals surface area contributed by atoms with Crippen molar-refractivity contribution in [1.82, 2.24) is 4.98 Å². The number of carbonyl (C=O) groups is 1. The maximum absolute atomic E-state index is 10.4. The lowest BCUT2D eigenvalue weighted by molar-refractivity contribution is 0.112. The van der Waals surface area contributed by atoms with E-state index >= 15 is 0 Å². The summed E-state index contributed by atoms with van der Waals surface area (Å²) in [6.07, 6.45) is 2.58. The number of aldehydes is 1. The van der Waals surface area contributed by atoms with Crippen LogP contribution in [0.4, 0.5) is 0 Å². The summed E-state index contributed by atoms with van der Waals surface area (Å²) in [4.78, 5) is 14.6. The van der Waals surface area contributed by atoms with Crippen LogP contribution < -0.4 is 0 Å². The highest BCUT2D eigenvalue weighted by Crippen LogP contribution is 2.11. The van der Waals surface area contributed by atoms with E-state index < -0.39 is 0 Å². The summed E-state index contributed by atoms with van der Waals surface area (Å²) in [7, 11) is 0. The molecule has 1 aromatic heterocycles. The normalized spacial score (nSPS) is 9.00. The van der Waals surface area contributed by atoms with Crippen LogP contribution in [0.25, 0.3) is 10.9 Å². The van der Waals surface area contributed by atoms with E-state index in [0.29, 0.717) is 5.56 Å². The molecule has 2 aromatic rings. The Hall–Kier alpha value is -1.70. The van der Waals surface area contributed by atoms with E-state index in [1.807, 2.05) is 38.1 Å². The number of aromatic nitrogens is 1. The lowest BCUT2D eigenvalue weighted by Gasteiger charge is -1.95. The van der Waals surface area contributed by atoms with Crippen molar-refractivity contribution in [1.29, 1.82) is 0 Å². The van der Waals surface area contributed by atoms with E-state index in [0.717, 1.165) is 17.2 Å². The molecule has 0 N–H and O–H groups in total. The zero-order valence-electron chi connectivity index (χ0n) is 8.40. The number of hydrogen-bond donors (Lipinski definition) is 0. The van der Waals surface area contributed by atoms with Crippen molar-refractivity contribution in [3.05, 3.63) is 42.1 Å². The van der Waals surface area contributed by atoms with Crippen molar-refractivity contribution in [2.45, 2.75) is 13.8 Å². The van der Waals surface area contributed by atoms with Crippen LogP contribution in [-0.4, -0.2) is 11.3 Å². The minimum atomic E-state index is 0.690. The number of fused-ring (bicyclic) bond motifs is 1. The standard InChI is InChI=1S/C10H7NO.C2H6/c12-7-8-3-4-10-9(6-8)2-1-5-11-10;1-2/h1-7H;1-2H3. The van der Waals surface area contributed by atoms with Crippen LogP contribution in [0, 0.1) is 0 Å². The fraction of sp³-hybridized carbons (Fsp3) is 0.167. The highest BCUT2D eigenvalue weighted by Gasteiger charge is 1.93. The van der Waals surface area contributed by atoms with Gasteiger partial charge < -0.3 is 0 Å². The Balaban J connectivity index is 0.000000461. The van der Waals surface area contributed by atoms with Crippen LogP contribution in [0.3, 0.4) is 0 Å². The highest BCUT2D eigenvalue weighted by atomic mass is 16.1. The Morgan fingerprint density at radius 1 is 1.21 bits per heavy atom. The zero-order chi connectivity index (χ0) is 10.4. The summed E-state index contributed by atoms with van der Waals surface area (Å²) in [5, 5.41) is 1.00. The molecule has 0 atom stereocenters. The molecule has 72 valence electrons. The van der Waals surface area contributed by atoms with Crippen molar-refractivity contribution < 1.29 is 4.79 Å². The van der Waals surface area contributed by atoms with Crippen molar-refractivity contribution >= 4 is 17.2 Å². The van der Waals surface area contributed by atoms with Gasteiger partial charge in [0, 0.05) is 17.1 Å². The number of pyridine rings is 1. The van der Waals surface area contributed by atoms with Gasteiger partial charge in [-0.15, -0.1) is 0 Å². The fourth-order valence-electron chi connectivity index (χ4n) is 1.17. The monoisotopic (exact) mass is 187 g/mol. The summed E-state index contributed by atoms with van der Waals surface area (Å²) >= 11 is 0. The van der Waals surface area contributed by atoms with E-state index in [-0.39, 0.29) is 0 Å². The lowest BCUT2D eigenvalue weighted by Crippen LogP contribution is -1.81. The Bertz CT molecular complexity index is 423. The molecular formula is C12H13NO. The van der Waals surface area contributed by atoms with Gasteiger partial charge in [0.15, 0.2) is 0 Å². The van der Waals surface area contributed by atoms with Gasteiger partial charge in [0.25, 0.3) is 0 Å². The molecule has 2 nitrogen and oxygen atoms in total. The third-order valence-corrected chi connectivity index (χ3v) is 1.76. The Kier molecular flexibility index (Phi) is 3.80. The topological polar surface area (TPSA) is 30.0 Å². The van der Waals surface area contributed by atoms with E-state index in [1.54, 1.807) is 12.3 Å². The maximum atomic E-state index is 10.4. The molecule has 1 aromatic carbocycles. The number of rotatable bonds is 1. The summed E-state index contributed by atoms with van der Waals surface area (Å²) in [6, 6.07) is 9.24. The molecule has 0 saturated carbocycles. The third kappa shape index (κ3) is 2.16. The van der Waals surface area contributed by atoms with Gasteiger partial charge in [-0.25, -0.2) is 0 Å². The van der Waals surface area contributed by atoms with Gasteiger partial charge in [0.2, 0.25) is 0 Å². The second kappa shape index (κ2) is 5.12.